The molecule has 0 unspecified atom stereocenters. The van der Waals surface area contributed by atoms with Crippen molar-refractivity contribution < 1.29 is 27.4 Å². The minimum absolute atomic E-state index is 0.0662. The maximum atomic E-state index is 14.1. The molecule has 41 heavy (non-hydrogen) atoms. The molecule has 2 aliphatic rings. The molecular formula is C29H34F3N5O3S. The molecule has 0 radical (unpaired) electrons. The van der Waals surface area contributed by atoms with E-state index in [-0.39, 0.29) is 17.2 Å². The standard InChI is InChI=1S/C29H34F3N5O3S/c1-18-15-37(16-19(2)40-18)23-8-4-6-21(14-23)20(3)34-27(38)25-26(29(30,31)32)35-28(41-25)24-22(7-5-9-33-24)17-36-10-12-39-13-11-36/h4-9,14,18-20H,10-13,15-17H2,1-3H3,(H,34,38)/t18-,19+,20-/m0/s1. The average molecular weight is 590 g/mol. The number of ether oxygens (including phenoxy) is 2. The molecule has 0 bridgehead atoms. The second kappa shape index (κ2) is 12.4. The Bertz CT molecular complexity index is 1350. The number of nitrogens with one attached hydrogen (secondary N) is 1. The molecule has 2 aromatic heterocycles. The molecule has 12 heteroatoms. The number of thiazole rings is 1. The van der Waals surface area contributed by atoms with Gasteiger partial charge in [-0.1, -0.05) is 18.2 Å². The van der Waals surface area contributed by atoms with E-state index >= 15 is 0 Å². The summed E-state index contributed by atoms with van der Waals surface area (Å²) in [4.78, 5) is 25.5. The summed E-state index contributed by atoms with van der Waals surface area (Å²) < 4.78 is 53.5. The number of benzene rings is 1. The van der Waals surface area contributed by atoms with Crippen molar-refractivity contribution in [2.75, 3.05) is 44.3 Å². The van der Waals surface area contributed by atoms with Crippen LogP contribution in [0.5, 0.6) is 0 Å². The smallest absolute Gasteiger partial charge is 0.379 e. The van der Waals surface area contributed by atoms with E-state index < -0.39 is 28.7 Å². The van der Waals surface area contributed by atoms with Crippen LogP contribution in [0.4, 0.5) is 18.9 Å². The zero-order chi connectivity index (χ0) is 29.1. The van der Waals surface area contributed by atoms with Crippen molar-refractivity contribution in [3.05, 3.63) is 64.3 Å². The van der Waals surface area contributed by atoms with Gasteiger partial charge in [-0.25, -0.2) is 4.98 Å². The SMILES string of the molecule is C[C@@H]1CN(c2cccc([C@H](C)NC(=O)c3sc(-c4ncccc4CN4CCOCC4)nc3C(F)(F)F)c2)C[C@H](C)O1. The van der Waals surface area contributed by atoms with Crippen LogP contribution in [0.2, 0.25) is 0 Å². The average Bonchev–Trinajstić information content (AvgIpc) is 3.40. The molecule has 2 aliphatic heterocycles. The lowest BCUT2D eigenvalue weighted by Gasteiger charge is -2.37. The van der Waals surface area contributed by atoms with Crippen molar-refractivity contribution in [2.45, 2.75) is 51.7 Å². The van der Waals surface area contributed by atoms with Gasteiger partial charge in [0, 0.05) is 44.6 Å². The fraction of sp³-hybridized carbons (Fsp3) is 0.483. The minimum Gasteiger partial charge on any atom is -0.379 e. The van der Waals surface area contributed by atoms with Crippen LogP contribution >= 0.6 is 11.3 Å². The predicted octanol–water partition coefficient (Wildman–Crippen LogP) is 5.16. The monoisotopic (exact) mass is 589 g/mol. The van der Waals surface area contributed by atoms with Crippen molar-refractivity contribution >= 4 is 22.9 Å². The largest absolute Gasteiger partial charge is 0.435 e. The number of halogens is 3. The van der Waals surface area contributed by atoms with Crippen LogP contribution in [-0.2, 0) is 22.2 Å². The van der Waals surface area contributed by atoms with Gasteiger partial charge < -0.3 is 19.7 Å². The lowest BCUT2D eigenvalue weighted by atomic mass is 10.1. The fourth-order valence-corrected chi connectivity index (χ4v) is 6.27. The van der Waals surface area contributed by atoms with Gasteiger partial charge in [-0.3, -0.25) is 14.7 Å². The molecule has 1 amide bonds. The van der Waals surface area contributed by atoms with Crippen molar-refractivity contribution in [3.8, 4) is 10.7 Å². The third-order valence-electron chi connectivity index (χ3n) is 7.20. The molecule has 5 rings (SSSR count). The summed E-state index contributed by atoms with van der Waals surface area (Å²) in [6, 6.07) is 10.7. The highest BCUT2D eigenvalue weighted by molar-refractivity contribution is 7.17. The number of alkyl halides is 3. The quantitative estimate of drug-likeness (QED) is 0.408. The van der Waals surface area contributed by atoms with Crippen LogP contribution in [0.1, 0.15) is 53.3 Å². The highest BCUT2D eigenvalue weighted by Gasteiger charge is 2.40. The van der Waals surface area contributed by atoms with E-state index in [1.54, 1.807) is 13.0 Å². The minimum atomic E-state index is -4.80. The number of pyridine rings is 1. The molecule has 3 aromatic rings. The first-order valence-corrected chi connectivity index (χ1v) is 14.5. The fourth-order valence-electron chi connectivity index (χ4n) is 5.25. The molecule has 4 heterocycles. The van der Waals surface area contributed by atoms with E-state index in [1.807, 2.05) is 44.2 Å². The number of carbonyl (C=O) groups excluding carboxylic acids is 1. The molecule has 2 fully saturated rings. The van der Waals surface area contributed by atoms with Gasteiger partial charge >= 0.3 is 6.18 Å². The molecule has 3 atom stereocenters. The van der Waals surface area contributed by atoms with Crippen LogP contribution in [0.15, 0.2) is 42.6 Å². The number of anilines is 1. The van der Waals surface area contributed by atoms with E-state index in [4.69, 9.17) is 9.47 Å². The summed E-state index contributed by atoms with van der Waals surface area (Å²) in [5.41, 5.74) is 1.67. The lowest BCUT2D eigenvalue weighted by molar-refractivity contribution is -0.141. The van der Waals surface area contributed by atoms with Gasteiger partial charge in [0.2, 0.25) is 0 Å². The van der Waals surface area contributed by atoms with E-state index in [0.717, 1.165) is 43.0 Å². The second-order valence-electron chi connectivity index (χ2n) is 10.5. The Morgan fingerprint density at radius 2 is 1.88 bits per heavy atom. The molecule has 2 saturated heterocycles. The summed E-state index contributed by atoms with van der Waals surface area (Å²) in [7, 11) is 0. The normalized spacial score (nSPS) is 21.1. The molecule has 1 aromatic carbocycles. The predicted molar refractivity (Wildman–Crippen MR) is 151 cm³/mol. The summed E-state index contributed by atoms with van der Waals surface area (Å²) in [6.45, 7) is 10.4. The van der Waals surface area contributed by atoms with Gasteiger partial charge in [0.15, 0.2) is 5.69 Å². The number of aromatic nitrogens is 2. The van der Waals surface area contributed by atoms with Gasteiger partial charge in [-0.2, -0.15) is 13.2 Å². The van der Waals surface area contributed by atoms with Crippen molar-refractivity contribution in [1.29, 1.82) is 0 Å². The van der Waals surface area contributed by atoms with Gasteiger partial charge in [0.25, 0.3) is 5.91 Å². The molecule has 8 nitrogen and oxygen atoms in total. The lowest BCUT2D eigenvalue weighted by Crippen LogP contribution is -2.45. The number of morpholine rings is 2. The summed E-state index contributed by atoms with van der Waals surface area (Å²) in [5, 5.41) is 2.83. The van der Waals surface area contributed by atoms with Crippen LogP contribution in [0, 0.1) is 0 Å². The molecule has 1 N–H and O–H groups in total. The molecular weight excluding hydrogens is 555 g/mol. The van der Waals surface area contributed by atoms with Gasteiger partial charge in [0.1, 0.15) is 15.6 Å². The van der Waals surface area contributed by atoms with Gasteiger partial charge in [0.05, 0.1) is 31.5 Å². The van der Waals surface area contributed by atoms with E-state index in [0.29, 0.717) is 36.8 Å². The summed E-state index contributed by atoms with van der Waals surface area (Å²) in [6.07, 6.45) is -3.12. The highest BCUT2D eigenvalue weighted by Crippen LogP contribution is 2.38. The zero-order valence-corrected chi connectivity index (χ0v) is 24.1. The number of rotatable bonds is 7. The number of nitrogens with zero attached hydrogens (tertiary/aromatic N) is 4. The third-order valence-corrected chi connectivity index (χ3v) is 8.26. The molecule has 220 valence electrons. The Labute approximate surface area is 241 Å². The third kappa shape index (κ3) is 7.06. The van der Waals surface area contributed by atoms with Crippen molar-refractivity contribution in [1.82, 2.24) is 20.2 Å². The van der Waals surface area contributed by atoms with Crippen LogP contribution in [0.25, 0.3) is 10.7 Å². The molecule has 0 saturated carbocycles. The van der Waals surface area contributed by atoms with Crippen LogP contribution in [0.3, 0.4) is 0 Å². The summed E-state index contributed by atoms with van der Waals surface area (Å²) in [5.74, 6) is -0.821. The number of carbonyl (C=O) groups is 1. The van der Waals surface area contributed by atoms with Crippen molar-refractivity contribution in [2.24, 2.45) is 0 Å². The number of hydrogen-bond acceptors (Lipinski definition) is 8. The topological polar surface area (TPSA) is 79.8 Å². The van der Waals surface area contributed by atoms with Crippen LogP contribution < -0.4 is 10.2 Å². The second-order valence-corrected chi connectivity index (χ2v) is 11.5. The molecule has 0 spiro atoms. The first-order valence-electron chi connectivity index (χ1n) is 13.7. The van der Waals surface area contributed by atoms with E-state index in [2.05, 4.69) is 25.1 Å². The maximum absolute atomic E-state index is 14.1. The Balaban J connectivity index is 1.38. The van der Waals surface area contributed by atoms with E-state index in [9.17, 15) is 18.0 Å². The Hall–Kier alpha value is -3.06. The number of amides is 1. The molecule has 0 aliphatic carbocycles. The highest BCUT2D eigenvalue weighted by atomic mass is 32.1. The maximum Gasteiger partial charge on any atom is 0.435 e. The Morgan fingerprint density at radius 3 is 2.59 bits per heavy atom. The van der Waals surface area contributed by atoms with Crippen molar-refractivity contribution in [3.63, 3.8) is 0 Å². The Morgan fingerprint density at radius 1 is 1.15 bits per heavy atom. The first kappa shape index (κ1) is 29.4. The van der Waals surface area contributed by atoms with Gasteiger partial charge in [-0.05, 0) is 50.1 Å². The Kier molecular flexibility index (Phi) is 8.93. The summed E-state index contributed by atoms with van der Waals surface area (Å²) >= 11 is 0.716. The zero-order valence-electron chi connectivity index (χ0n) is 23.3. The van der Waals surface area contributed by atoms with Crippen LogP contribution in [-0.4, -0.2) is 72.4 Å². The number of hydrogen-bond donors (Lipinski definition) is 1. The van der Waals surface area contributed by atoms with Gasteiger partial charge in [-0.15, -0.1) is 11.3 Å². The first-order chi connectivity index (χ1) is 19.6. The van der Waals surface area contributed by atoms with E-state index in [1.165, 1.54) is 6.20 Å².